The van der Waals surface area contributed by atoms with Gasteiger partial charge in [-0.05, 0) is 95.8 Å². The van der Waals surface area contributed by atoms with E-state index in [1.54, 1.807) is 48.5 Å². The van der Waals surface area contributed by atoms with Crippen LogP contribution in [0.4, 0.5) is 0 Å². The number of carbonyl (C=O) groups excluding carboxylic acids is 2. The predicted octanol–water partition coefficient (Wildman–Crippen LogP) is 11.0. The number of hydrogen-bond donors (Lipinski definition) is 4. The molecule has 0 aliphatic heterocycles. The van der Waals surface area contributed by atoms with E-state index in [9.17, 15) is 29.1 Å². The van der Waals surface area contributed by atoms with Gasteiger partial charge in [-0.2, -0.15) is 0 Å². The highest BCUT2D eigenvalue weighted by Gasteiger charge is 2.23. The normalized spacial score (nSPS) is 11.1. The first-order valence-electron chi connectivity index (χ1n) is 20.1. The number of carboxylic acid groups (broad SMARTS) is 3. The first-order chi connectivity index (χ1) is 31.2. The minimum absolute atomic E-state index is 0.0787. The Kier molecular flexibility index (Phi) is 19.8. The maximum Gasteiger partial charge on any atom is 0.350 e. The maximum atomic E-state index is 12.7. The molecule has 1 aliphatic carbocycles. The topological polar surface area (TPSA) is 194 Å². The van der Waals surface area contributed by atoms with E-state index in [-0.39, 0.29) is 24.2 Å². The monoisotopic (exact) mass is 920 g/mol. The molecule has 0 saturated heterocycles. The van der Waals surface area contributed by atoms with Gasteiger partial charge >= 0.3 is 29.8 Å². The minimum Gasteiger partial charge on any atom is -0.507 e. The molecule has 65 heavy (non-hydrogen) atoms. The molecule has 0 bridgehead atoms. The molecule has 0 aromatic heterocycles. The van der Waals surface area contributed by atoms with Crippen molar-refractivity contribution < 1.29 is 58.6 Å². The fourth-order valence-electron chi connectivity index (χ4n) is 6.23. The van der Waals surface area contributed by atoms with Crippen molar-refractivity contribution in [3.8, 4) is 17.2 Å². The van der Waals surface area contributed by atoms with Gasteiger partial charge in [-0.15, -0.1) is 0 Å². The van der Waals surface area contributed by atoms with E-state index in [0.29, 0.717) is 63.9 Å². The fourth-order valence-corrected chi connectivity index (χ4v) is 6.55. The number of phenols is 1. The van der Waals surface area contributed by atoms with Gasteiger partial charge < -0.3 is 34.6 Å². The van der Waals surface area contributed by atoms with Crippen molar-refractivity contribution in [3.63, 3.8) is 0 Å². The van der Waals surface area contributed by atoms with Crippen LogP contribution in [-0.4, -0.2) is 63.5 Å². The van der Waals surface area contributed by atoms with Crippen LogP contribution in [0, 0.1) is 0 Å². The number of fused-ring (bicyclic) bond motifs is 2. The first-order valence-corrected chi connectivity index (χ1v) is 20.9. The average molecular weight is 922 g/mol. The second-order valence-corrected chi connectivity index (χ2v) is 14.7. The van der Waals surface area contributed by atoms with Crippen LogP contribution in [0.3, 0.4) is 0 Å². The van der Waals surface area contributed by atoms with E-state index in [1.165, 1.54) is 12.1 Å². The third-order valence-electron chi connectivity index (χ3n) is 9.32. The SMILES string of the molecule is CC1=C(C(=O)O)Cc2ccccc21.CCOc1ccc2ccccc2c1C(=O)OC(=O)Cc1ccc(Cl)c(Cl)c1.O=C(O)C=Cc1ccccc1O.O=C(O)CCCOc1ccccc1. The molecule has 0 amide bonds. The number of ether oxygens (including phenoxy) is 3. The number of aliphatic carboxylic acids is 3. The van der Waals surface area contributed by atoms with Gasteiger partial charge in [-0.25, -0.2) is 14.4 Å². The third-order valence-corrected chi connectivity index (χ3v) is 10.1. The molecule has 0 fully saturated rings. The van der Waals surface area contributed by atoms with Gasteiger partial charge in [0, 0.05) is 30.1 Å². The number of carbonyl (C=O) groups is 5. The van der Waals surface area contributed by atoms with Gasteiger partial charge in [0.15, 0.2) is 0 Å². The zero-order valence-corrected chi connectivity index (χ0v) is 36.9. The lowest BCUT2D eigenvalue weighted by atomic mass is 10.0. The van der Waals surface area contributed by atoms with Crippen LogP contribution in [0.1, 0.15) is 59.3 Å². The van der Waals surface area contributed by atoms with E-state index >= 15 is 0 Å². The van der Waals surface area contributed by atoms with Crippen molar-refractivity contribution >= 4 is 75.5 Å². The molecule has 0 unspecified atom stereocenters. The molecular weight excluding hydrogens is 875 g/mol. The number of hydrogen-bond acceptors (Lipinski definition) is 9. The molecule has 0 radical (unpaired) electrons. The molecule has 6 aromatic carbocycles. The maximum absolute atomic E-state index is 12.7. The Morgan fingerprint density at radius 1 is 0.738 bits per heavy atom. The van der Waals surface area contributed by atoms with Crippen LogP contribution >= 0.6 is 23.2 Å². The molecule has 0 atom stereocenters. The second-order valence-electron chi connectivity index (χ2n) is 13.9. The van der Waals surface area contributed by atoms with Gasteiger partial charge in [0.05, 0.1) is 29.7 Å². The Hall–Kier alpha value is -7.41. The van der Waals surface area contributed by atoms with Crippen molar-refractivity contribution in [2.45, 2.75) is 39.5 Å². The summed E-state index contributed by atoms with van der Waals surface area (Å²) in [7, 11) is 0. The van der Waals surface area contributed by atoms with Crippen LogP contribution in [0.15, 0.2) is 145 Å². The van der Waals surface area contributed by atoms with Crippen molar-refractivity contribution in [1.82, 2.24) is 0 Å². The molecule has 7 rings (SSSR count). The summed E-state index contributed by atoms with van der Waals surface area (Å²) in [5.41, 5.74) is 4.98. The largest absolute Gasteiger partial charge is 0.507 e. The summed E-state index contributed by atoms with van der Waals surface area (Å²) in [5, 5.41) is 37.0. The number of carboxylic acids is 3. The summed E-state index contributed by atoms with van der Waals surface area (Å²) >= 11 is 11.8. The van der Waals surface area contributed by atoms with Crippen LogP contribution in [0.25, 0.3) is 22.4 Å². The molecule has 0 spiro atoms. The Morgan fingerprint density at radius 3 is 2.08 bits per heavy atom. The van der Waals surface area contributed by atoms with Crippen LogP contribution in [0.2, 0.25) is 10.0 Å². The number of rotatable bonds is 13. The van der Waals surface area contributed by atoms with E-state index in [0.717, 1.165) is 33.9 Å². The zero-order chi connectivity index (χ0) is 47.3. The quantitative estimate of drug-likeness (QED) is 0.0371. The van der Waals surface area contributed by atoms with Gasteiger partial charge in [0.2, 0.25) is 0 Å². The van der Waals surface area contributed by atoms with E-state index in [1.807, 2.05) is 92.7 Å². The van der Waals surface area contributed by atoms with Crippen LogP contribution < -0.4 is 9.47 Å². The molecule has 14 heteroatoms. The molecule has 0 heterocycles. The Bertz CT molecular complexity index is 2670. The lowest BCUT2D eigenvalue weighted by Gasteiger charge is -2.12. The van der Waals surface area contributed by atoms with E-state index < -0.39 is 29.8 Å². The zero-order valence-electron chi connectivity index (χ0n) is 35.4. The molecule has 1 aliphatic rings. The smallest absolute Gasteiger partial charge is 0.350 e. The summed E-state index contributed by atoms with van der Waals surface area (Å²) in [4.78, 5) is 56.0. The summed E-state index contributed by atoms with van der Waals surface area (Å²) in [6.45, 7) is 4.53. The van der Waals surface area contributed by atoms with Gasteiger partial charge in [-0.1, -0.05) is 120 Å². The number of allylic oxidation sites excluding steroid dienone is 1. The van der Waals surface area contributed by atoms with Gasteiger partial charge in [-0.3, -0.25) is 9.59 Å². The number of phenolic OH excluding ortho intramolecular Hbond substituents is 1. The summed E-state index contributed by atoms with van der Waals surface area (Å²) in [6.07, 6.45) is 3.50. The van der Waals surface area contributed by atoms with Crippen LogP contribution in [-0.2, 0) is 36.8 Å². The number of aromatic hydroxyl groups is 1. The van der Waals surface area contributed by atoms with Crippen molar-refractivity contribution in [2.24, 2.45) is 0 Å². The number of esters is 2. The lowest BCUT2D eigenvalue weighted by molar-refractivity contribution is -0.138. The summed E-state index contributed by atoms with van der Waals surface area (Å²) in [5.74, 6) is -2.80. The second kappa shape index (κ2) is 25.6. The van der Waals surface area contributed by atoms with E-state index in [2.05, 4.69) is 0 Å². The standard InChI is InChI=1S/C21H16Cl2O4.C11H10O2.C10H12O3.C9H8O3/c1-2-26-18-10-8-14-5-3-4-6-15(14)20(18)21(25)27-19(24)12-13-7-9-16(22)17(23)11-13;1-7-9-5-3-2-4-8(9)6-10(7)11(12)13;11-10(12)7-4-8-13-9-5-2-1-3-6-9;10-8-4-2-1-3-7(8)5-6-9(11)12/h3-11H,2,12H2,1H3;2-5H,6H2,1H3,(H,12,13);1-3,5-6H,4,7-8H2,(H,11,12);1-6,10H,(H,11,12). The number of para-hydroxylation sites is 2. The number of halogens is 2. The van der Waals surface area contributed by atoms with Crippen molar-refractivity contribution in [2.75, 3.05) is 13.2 Å². The molecule has 336 valence electrons. The minimum atomic E-state index is -1.03. The number of benzene rings is 6. The highest BCUT2D eigenvalue weighted by Crippen LogP contribution is 2.32. The Labute approximate surface area is 385 Å². The Morgan fingerprint density at radius 2 is 1.42 bits per heavy atom. The van der Waals surface area contributed by atoms with Gasteiger partial charge in [0.1, 0.15) is 22.8 Å². The average Bonchev–Trinajstić information content (AvgIpc) is 3.63. The van der Waals surface area contributed by atoms with Crippen molar-refractivity contribution in [3.05, 3.63) is 183 Å². The molecule has 0 saturated carbocycles. The summed E-state index contributed by atoms with van der Waals surface area (Å²) < 4.78 is 15.9. The molecule has 6 aromatic rings. The Balaban J connectivity index is 0.000000205. The molecule has 4 N–H and O–H groups in total. The van der Waals surface area contributed by atoms with Crippen LogP contribution in [0.5, 0.6) is 17.2 Å². The van der Waals surface area contributed by atoms with Gasteiger partial charge in [0.25, 0.3) is 0 Å². The van der Waals surface area contributed by atoms with E-state index in [4.69, 9.17) is 52.7 Å². The lowest BCUT2D eigenvalue weighted by Crippen LogP contribution is -2.16. The molecule has 12 nitrogen and oxygen atoms in total. The highest BCUT2D eigenvalue weighted by molar-refractivity contribution is 6.42. The molecular formula is C51H46Cl2O12. The third kappa shape index (κ3) is 16.0. The fraction of sp³-hybridized carbons (Fsp3) is 0.157. The van der Waals surface area contributed by atoms with Crippen molar-refractivity contribution in [1.29, 1.82) is 0 Å². The highest BCUT2D eigenvalue weighted by atomic mass is 35.5. The summed E-state index contributed by atoms with van der Waals surface area (Å²) in [6, 6.07) is 39.4. The predicted molar refractivity (Wildman–Crippen MR) is 250 cm³/mol. The first kappa shape index (κ1) is 50.2.